The van der Waals surface area contributed by atoms with Gasteiger partial charge in [-0.15, -0.1) is 0 Å². The maximum Gasteiger partial charge on any atom is 0.423 e. The Hall–Kier alpha value is -2.31. The van der Waals surface area contributed by atoms with Crippen LogP contribution in [0, 0.1) is 0 Å². The second kappa shape index (κ2) is 8.69. The van der Waals surface area contributed by atoms with Crippen LogP contribution in [0.15, 0.2) is 36.5 Å². The third kappa shape index (κ3) is 5.08. The van der Waals surface area contributed by atoms with Gasteiger partial charge in [-0.2, -0.15) is 18.2 Å². The third-order valence-electron chi connectivity index (χ3n) is 3.66. The van der Waals surface area contributed by atoms with Gasteiger partial charge in [-0.25, -0.2) is 4.98 Å². The van der Waals surface area contributed by atoms with Gasteiger partial charge in [0.25, 0.3) is 0 Å². The zero-order valence-electron chi connectivity index (χ0n) is 14.4. The van der Waals surface area contributed by atoms with Crippen molar-refractivity contribution in [3.8, 4) is 5.88 Å². The zero-order chi connectivity index (χ0) is 18.3. The third-order valence-corrected chi connectivity index (χ3v) is 3.66. The second-order valence-electron chi connectivity index (χ2n) is 5.52. The highest BCUT2D eigenvalue weighted by Crippen LogP contribution is 2.36. The molecule has 0 amide bonds. The van der Waals surface area contributed by atoms with Gasteiger partial charge in [-0.1, -0.05) is 38.0 Å². The van der Waals surface area contributed by atoms with Gasteiger partial charge in [0, 0.05) is 18.4 Å². The van der Waals surface area contributed by atoms with E-state index in [0.717, 1.165) is 24.7 Å². The van der Waals surface area contributed by atoms with Crippen molar-refractivity contribution in [3.05, 3.63) is 42.1 Å². The summed E-state index contributed by atoms with van der Waals surface area (Å²) < 4.78 is 44.9. The Morgan fingerprint density at radius 1 is 1.08 bits per heavy atom. The molecule has 0 radical (unpaired) electrons. The molecular weight excluding hydrogens is 331 g/mol. The fourth-order valence-corrected chi connectivity index (χ4v) is 2.36. The van der Waals surface area contributed by atoms with Crippen molar-refractivity contribution in [3.63, 3.8) is 0 Å². The highest BCUT2D eigenvalue weighted by atomic mass is 19.4. The molecule has 25 heavy (non-hydrogen) atoms. The lowest BCUT2D eigenvalue weighted by molar-refractivity contribution is -0.139. The van der Waals surface area contributed by atoms with Gasteiger partial charge in [-0.3, -0.25) is 0 Å². The number of halogens is 3. The Labute approximate surface area is 145 Å². The monoisotopic (exact) mass is 353 g/mol. The number of para-hydroxylation sites is 1. The molecule has 136 valence electrons. The highest BCUT2D eigenvalue weighted by Gasteiger charge is 2.36. The van der Waals surface area contributed by atoms with Crippen LogP contribution in [0.2, 0.25) is 0 Å². The number of benzene rings is 1. The van der Waals surface area contributed by atoms with Gasteiger partial charge >= 0.3 is 6.18 Å². The van der Waals surface area contributed by atoms with E-state index in [2.05, 4.69) is 9.97 Å². The van der Waals surface area contributed by atoms with Gasteiger partial charge < -0.3 is 9.64 Å². The first-order valence-corrected chi connectivity index (χ1v) is 8.37. The number of hydrogen-bond donors (Lipinski definition) is 0. The molecule has 0 aliphatic heterocycles. The molecule has 0 aliphatic carbocycles. The van der Waals surface area contributed by atoms with Crippen molar-refractivity contribution in [1.82, 2.24) is 9.97 Å². The molecule has 0 aliphatic rings. The molecule has 2 aromatic rings. The lowest BCUT2D eigenvalue weighted by atomic mass is 10.2. The minimum Gasteiger partial charge on any atom is -0.477 e. The van der Waals surface area contributed by atoms with Crippen molar-refractivity contribution >= 4 is 11.6 Å². The molecule has 0 saturated heterocycles. The molecule has 7 heteroatoms. The van der Waals surface area contributed by atoms with Gasteiger partial charge in [0.1, 0.15) is 5.56 Å². The van der Waals surface area contributed by atoms with E-state index < -0.39 is 17.6 Å². The molecule has 0 bridgehead atoms. The van der Waals surface area contributed by atoms with Crippen LogP contribution < -0.4 is 9.64 Å². The first-order valence-electron chi connectivity index (χ1n) is 8.37. The van der Waals surface area contributed by atoms with Gasteiger partial charge in [0.15, 0.2) is 0 Å². The second-order valence-corrected chi connectivity index (χ2v) is 5.52. The number of unbranched alkanes of at least 4 members (excludes halogenated alkanes) is 2. The number of nitrogens with zero attached hydrogens (tertiary/aromatic N) is 3. The number of aromatic nitrogens is 2. The summed E-state index contributed by atoms with van der Waals surface area (Å²) in [5.41, 5.74) is -0.140. The molecule has 1 heterocycles. The summed E-state index contributed by atoms with van der Waals surface area (Å²) >= 11 is 0. The molecule has 4 nitrogen and oxygen atoms in total. The summed E-state index contributed by atoms with van der Waals surface area (Å²) in [6, 6.07) is 9.28. The topological polar surface area (TPSA) is 38.2 Å². The van der Waals surface area contributed by atoms with E-state index in [9.17, 15) is 13.2 Å². The fourth-order valence-electron chi connectivity index (χ4n) is 2.36. The quantitative estimate of drug-likeness (QED) is 0.610. The Balaban J connectivity index is 2.33. The van der Waals surface area contributed by atoms with Crippen LogP contribution >= 0.6 is 0 Å². The fraction of sp³-hybridized carbons (Fsp3) is 0.444. The standard InChI is InChI=1S/C18H22F3N3O/c1-3-5-9-12-25-16-15(18(19,20)21)13-22-17(23-16)24(4-2)14-10-7-6-8-11-14/h6-8,10-11,13H,3-5,9,12H2,1-2H3. The van der Waals surface area contributed by atoms with E-state index in [-0.39, 0.29) is 12.6 Å². The van der Waals surface area contributed by atoms with E-state index in [0.29, 0.717) is 13.0 Å². The summed E-state index contributed by atoms with van der Waals surface area (Å²) in [6.07, 6.45) is -1.22. The van der Waals surface area contributed by atoms with Crippen LogP contribution in [0.4, 0.5) is 24.8 Å². The first-order chi connectivity index (χ1) is 12.0. The zero-order valence-corrected chi connectivity index (χ0v) is 14.4. The van der Waals surface area contributed by atoms with Crippen LogP contribution in [-0.4, -0.2) is 23.1 Å². The molecule has 2 rings (SSSR count). The van der Waals surface area contributed by atoms with E-state index in [4.69, 9.17) is 4.74 Å². The summed E-state index contributed by atoms with van der Waals surface area (Å²) in [6.45, 7) is 4.62. The van der Waals surface area contributed by atoms with Crippen molar-refractivity contribution in [1.29, 1.82) is 0 Å². The summed E-state index contributed by atoms with van der Waals surface area (Å²) in [7, 11) is 0. The van der Waals surface area contributed by atoms with Crippen LogP contribution in [0.5, 0.6) is 5.88 Å². The molecule has 0 spiro atoms. The first kappa shape index (κ1) is 19.0. The average Bonchev–Trinajstić information content (AvgIpc) is 2.59. The minimum atomic E-state index is -4.55. The van der Waals surface area contributed by atoms with Crippen LogP contribution in [-0.2, 0) is 6.18 Å². The SMILES string of the molecule is CCCCCOc1nc(N(CC)c2ccccc2)ncc1C(F)(F)F. The number of anilines is 2. The smallest absolute Gasteiger partial charge is 0.423 e. The molecule has 0 fully saturated rings. The summed E-state index contributed by atoms with van der Waals surface area (Å²) in [4.78, 5) is 9.70. The Kier molecular flexibility index (Phi) is 6.61. The molecule has 1 aromatic heterocycles. The number of rotatable bonds is 8. The van der Waals surface area contributed by atoms with Crippen molar-refractivity contribution < 1.29 is 17.9 Å². The normalized spacial score (nSPS) is 11.4. The van der Waals surface area contributed by atoms with Crippen molar-refractivity contribution in [2.75, 3.05) is 18.1 Å². The molecule has 0 atom stereocenters. The molecule has 0 unspecified atom stereocenters. The molecule has 1 aromatic carbocycles. The lowest BCUT2D eigenvalue weighted by Crippen LogP contribution is -2.21. The number of alkyl halides is 3. The maximum absolute atomic E-state index is 13.2. The van der Waals surface area contributed by atoms with E-state index in [1.165, 1.54) is 0 Å². The van der Waals surface area contributed by atoms with Gasteiger partial charge in [0.05, 0.1) is 6.61 Å². The molecular formula is C18H22F3N3O. The van der Waals surface area contributed by atoms with Crippen LogP contribution in [0.3, 0.4) is 0 Å². The van der Waals surface area contributed by atoms with Crippen molar-refractivity contribution in [2.45, 2.75) is 39.3 Å². The largest absolute Gasteiger partial charge is 0.477 e. The summed E-state index contributed by atoms with van der Waals surface area (Å²) in [5, 5.41) is 0. The molecule has 0 saturated carbocycles. The van der Waals surface area contributed by atoms with Crippen molar-refractivity contribution in [2.24, 2.45) is 0 Å². The van der Waals surface area contributed by atoms with E-state index in [1.807, 2.05) is 44.2 Å². The number of ether oxygens (including phenoxy) is 1. The Bertz CT molecular complexity index is 662. The van der Waals surface area contributed by atoms with Crippen LogP contribution in [0.25, 0.3) is 0 Å². The molecule has 0 N–H and O–H groups in total. The Morgan fingerprint density at radius 3 is 2.40 bits per heavy atom. The lowest BCUT2D eigenvalue weighted by Gasteiger charge is -2.22. The predicted octanol–water partition coefficient (Wildman–Crippen LogP) is 5.22. The van der Waals surface area contributed by atoms with Gasteiger partial charge in [0.2, 0.25) is 11.8 Å². The maximum atomic E-state index is 13.2. The van der Waals surface area contributed by atoms with Crippen LogP contribution in [0.1, 0.15) is 38.7 Å². The number of hydrogen-bond acceptors (Lipinski definition) is 4. The minimum absolute atomic E-state index is 0.187. The Morgan fingerprint density at radius 2 is 1.80 bits per heavy atom. The highest BCUT2D eigenvalue weighted by molar-refractivity contribution is 5.57. The van der Waals surface area contributed by atoms with Gasteiger partial charge in [-0.05, 0) is 25.5 Å². The van der Waals surface area contributed by atoms with E-state index in [1.54, 1.807) is 4.90 Å². The van der Waals surface area contributed by atoms with E-state index >= 15 is 0 Å². The predicted molar refractivity (Wildman–Crippen MR) is 91.2 cm³/mol. The average molecular weight is 353 g/mol. The summed E-state index contributed by atoms with van der Waals surface area (Å²) in [5.74, 6) is -0.227.